The molecule has 1 aliphatic heterocycles. The summed E-state index contributed by atoms with van der Waals surface area (Å²) in [5.41, 5.74) is 0.574. The van der Waals surface area contributed by atoms with Crippen LogP contribution in [-0.2, 0) is 4.79 Å². The Labute approximate surface area is 142 Å². The van der Waals surface area contributed by atoms with Crippen molar-refractivity contribution < 1.29 is 19.1 Å². The van der Waals surface area contributed by atoms with Crippen molar-refractivity contribution in [2.24, 2.45) is 0 Å². The molecule has 1 heterocycles. The fourth-order valence-corrected chi connectivity index (χ4v) is 3.25. The molecule has 130 valence electrons. The zero-order valence-electron chi connectivity index (χ0n) is 14.0. The predicted octanol–water partition coefficient (Wildman–Crippen LogP) is 3.26. The van der Waals surface area contributed by atoms with Crippen molar-refractivity contribution in [3.8, 4) is 11.5 Å². The number of amides is 1. The number of fused-ring (bicyclic) bond motifs is 1. The lowest BCUT2D eigenvalue weighted by Gasteiger charge is -2.22. The van der Waals surface area contributed by atoms with Gasteiger partial charge in [-0.3, -0.25) is 9.59 Å². The van der Waals surface area contributed by atoms with E-state index in [0.717, 1.165) is 19.3 Å². The Kier molecular flexibility index (Phi) is 5.72. The van der Waals surface area contributed by atoms with Gasteiger partial charge in [-0.05, 0) is 31.0 Å². The second kappa shape index (κ2) is 8.18. The second-order valence-electron chi connectivity index (χ2n) is 6.54. The molecule has 5 heteroatoms. The Balaban J connectivity index is 1.51. The van der Waals surface area contributed by atoms with Gasteiger partial charge in [-0.15, -0.1) is 0 Å². The SMILES string of the molecule is O=C(CCC(=O)c1ccc2c(c1)OCCCO2)NC1CCCCC1. The first kappa shape index (κ1) is 16.8. The highest BCUT2D eigenvalue weighted by atomic mass is 16.5. The van der Waals surface area contributed by atoms with Gasteiger partial charge in [0.2, 0.25) is 5.91 Å². The highest BCUT2D eigenvalue weighted by Gasteiger charge is 2.18. The summed E-state index contributed by atoms with van der Waals surface area (Å²) >= 11 is 0. The van der Waals surface area contributed by atoms with Gasteiger partial charge in [-0.25, -0.2) is 0 Å². The molecule has 1 aliphatic carbocycles. The first-order valence-electron chi connectivity index (χ1n) is 8.94. The molecule has 1 saturated carbocycles. The van der Waals surface area contributed by atoms with Crippen molar-refractivity contribution in [1.29, 1.82) is 0 Å². The van der Waals surface area contributed by atoms with Crippen LogP contribution >= 0.6 is 0 Å². The predicted molar refractivity (Wildman–Crippen MR) is 90.6 cm³/mol. The average Bonchev–Trinajstić information content (AvgIpc) is 2.85. The van der Waals surface area contributed by atoms with Crippen molar-refractivity contribution in [3.05, 3.63) is 23.8 Å². The minimum Gasteiger partial charge on any atom is -0.490 e. The molecule has 1 amide bonds. The van der Waals surface area contributed by atoms with Crippen LogP contribution in [0.15, 0.2) is 18.2 Å². The van der Waals surface area contributed by atoms with Gasteiger partial charge in [0, 0.05) is 30.9 Å². The third-order valence-corrected chi connectivity index (χ3v) is 4.62. The van der Waals surface area contributed by atoms with E-state index in [-0.39, 0.29) is 24.5 Å². The maximum Gasteiger partial charge on any atom is 0.220 e. The van der Waals surface area contributed by atoms with Gasteiger partial charge >= 0.3 is 0 Å². The third-order valence-electron chi connectivity index (χ3n) is 4.62. The van der Waals surface area contributed by atoms with Crippen LogP contribution < -0.4 is 14.8 Å². The van der Waals surface area contributed by atoms with Crippen LogP contribution in [0.4, 0.5) is 0 Å². The summed E-state index contributed by atoms with van der Waals surface area (Å²) in [7, 11) is 0. The second-order valence-corrected chi connectivity index (χ2v) is 6.54. The van der Waals surface area contributed by atoms with Crippen LogP contribution in [-0.4, -0.2) is 30.9 Å². The van der Waals surface area contributed by atoms with Crippen LogP contribution in [0.25, 0.3) is 0 Å². The molecule has 0 aromatic heterocycles. The molecular weight excluding hydrogens is 306 g/mol. The molecular formula is C19H25NO4. The van der Waals surface area contributed by atoms with E-state index >= 15 is 0 Å². The first-order chi connectivity index (χ1) is 11.7. The first-order valence-corrected chi connectivity index (χ1v) is 8.94. The summed E-state index contributed by atoms with van der Waals surface area (Å²) in [6.45, 7) is 1.22. The van der Waals surface area contributed by atoms with E-state index in [2.05, 4.69) is 5.32 Å². The van der Waals surface area contributed by atoms with Crippen LogP contribution in [0.1, 0.15) is 61.7 Å². The molecule has 1 N–H and O–H groups in total. The monoisotopic (exact) mass is 331 g/mol. The number of ketones is 1. The fraction of sp³-hybridized carbons (Fsp3) is 0.579. The van der Waals surface area contributed by atoms with Crippen LogP contribution in [0.3, 0.4) is 0 Å². The number of carbonyl (C=O) groups is 2. The summed E-state index contributed by atoms with van der Waals surface area (Å²) in [6, 6.07) is 5.53. The lowest BCUT2D eigenvalue weighted by Crippen LogP contribution is -2.36. The number of nitrogens with one attached hydrogen (secondary N) is 1. The standard InChI is InChI=1S/C19H25NO4/c21-16(8-10-19(22)20-15-5-2-1-3-6-15)14-7-9-17-18(13-14)24-12-4-11-23-17/h7,9,13,15H,1-6,8,10-12H2,(H,20,22). The lowest BCUT2D eigenvalue weighted by molar-refractivity contribution is -0.121. The van der Waals surface area contributed by atoms with Gasteiger partial charge in [0.25, 0.3) is 0 Å². The molecule has 1 fully saturated rings. The third kappa shape index (κ3) is 4.49. The molecule has 5 nitrogen and oxygen atoms in total. The van der Waals surface area contributed by atoms with E-state index < -0.39 is 0 Å². The zero-order valence-corrected chi connectivity index (χ0v) is 14.0. The molecule has 0 spiro atoms. The van der Waals surface area contributed by atoms with E-state index in [1.165, 1.54) is 19.3 Å². The summed E-state index contributed by atoms with van der Waals surface area (Å²) in [4.78, 5) is 24.4. The number of ether oxygens (including phenoxy) is 2. The van der Waals surface area contributed by atoms with Crippen molar-refractivity contribution in [2.75, 3.05) is 13.2 Å². The van der Waals surface area contributed by atoms with Gasteiger partial charge in [-0.1, -0.05) is 19.3 Å². The minimum absolute atomic E-state index is 0.0235. The van der Waals surface area contributed by atoms with Crippen LogP contribution in [0.2, 0.25) is 0 Å². The Hall–Kier alpha value is -2.04. The number of carbonyl (C=O) groups excluding carboxylic acids is 2. The molecule has 0 radical (unpaired) electrons. The molecule has 0 unspecified atom stereocenters. The number of hydrogen-bond donors (Lipinski definition) is 1. The van der Waals surface area contributed by atoms with Gasteiger partial charge in [-0.2, -0.15) is 0 Å². The van der Waals surface area contributed by atoms with Crippen molar-refractivity contribution in [3.63, 3.8) is 0 Å². The maximum atomic E-state index is 12.3. The van der Waals surface area contributed by atoms with Crippen molar-refractivity contribution in [1.82, 2.24) is 5.32 Å². The summed E-state index contributed by atoms with van der Waals surface area (Å²) in [6.07, 6.45) is 7.03. The molecule has 1 aromatic rings. The summed E-state index contributed by atoms with van der Waals surface area (Å²) < 4.78 is 11.2. The van der Waals surface area contributed by atoms with Crippen LogP contribution in [0.5, 0.6) is 11.5 Å². The molecule has 1 aromatic carbocycles. The summed E-state index contributed by atoms with van der Waals surface area (Å²) in [5.74, 6) is 1.23. The fourth-order valence-electron chi connectivity index (χ4n) is 3.25. The largest absolute Gasteiger partial charge is 0.490 e. The normalized spacial score (nSPS) is 17.8. The van der Waals surface area contributed by atoms with E-state index in [4.69, 9.17) is 9.47 Å². The van der Waals surface area contributed by atoms with E-state index in [0.29, 0.717) is 36.3 Å². The van der Waals surface area contributed by atoms with Crippen LogP contribution in [0, 0.1) is 0 Å². The quantitative estimate of drug-likeness (QED) is 0.841. The number of rotatable bonds is 5. The van der Waals surface area contributed by atoms with E-state index in [9.17, 15) is 9.59 Å². The molecule has 0 atom stereocenters. The Morgan fingerprint density at radius 2 is 1.71 bits per heavy atom. The van der Waals surface area contributed by atoms with Crippen molar-refractivity contribution in [2.45, 2.75) is 57.4 Å². The summed E-state index contributed by atoms with van der Waals surface area (Å²) in [5, 5.41) is 3.05. The van der Waals surface area contributed by atoms with Gasteiger partial charge in [0.1, 0.15) is 0 Å². The van der Waals surface area contributed by atoms with E-state index in [1.54, 1.807) is 18.2 Å². The van der Waals surface area contributed by atoms with Crippen molar-refractivity contribution >= 4 is 11.7 Å². The highest BCUT2D eigenvalue weighted by Crippen LogP contribution is 2.30. The smallest absolute Gasteiger partial charge is 0.220 e. The average molecular weight is 331 g/mol. The Morgan fingerprint density at radius 1 is 0.958 bits per heavy atom. The van der Waals surface area contributed by atoms with Gasteiger partial charge < -0.3 is 14.8 Å². The molecule has 0 bridgehead atoms. The molecule has 24 heavy (non-hydrogen) atoms. The van der Waals surface area contributed by atoms with Gasteiger partial charge in [0.15, 0.2) is 17.3 Å². The number of Topliss-reactive ketones (excluding diaryl/α,β-unsaturated/α-hetero) is 1. The Morgan fingerprint density at radius 3 is 2.50 bits per heavy atom. The number of benzene rings is 1. The Bertz CT molecular complexity index is 593. The van der Waals surface area contributed by atoms with E-state index in [1.807, 2.05) is 0 Å². The molecule has 0 saturated heterocycles. The highest BCUT2D eigenvalue weighted by molar-refractivity contribution is 5.98. The topological polar surface area (TPSA) is 64.6 Å². The maximum absolute atomic E-state index is 12.3. The molecule has 3 rings (SSSR count). The number of hydrogen-bond acceptors (Lipinski definition) is 4. The molecule has 2 aliphatic rings. The lowest BCUT2D eigenvalue weighted by atomic mass is 9.95. The zero-order chi connectivity index (χ0) is 16.8. The minimum atomic E-state index is -0.0376. The van der Waals surface area contributed by atoms with Gasteiger partial charge in [0.05, 0.1) is 13.2 Å².